The largest absolute Gasteiger partial charge is 0.384 e. The van der Waals surface area contributed by atoms with E-state index in [1.807, 2.05) is 0 Å². The molecule has 0 heterocycles. The average Bonchev–Trinajstić information content (AvgIpc) is 2.64. The Hall–Kier alpha value is -1.42. The Morgan fingerprint density at radius 1 is 1.21 bits per heavy atom. The third-order valence-corrected chi connectivity index (χ3v) is 3.56. The molecule has 0 radical (unpaired) electrons. The highest BCUT2D eigenvalue weighted by Crippen LogP contribution is 2.21. The van der Waals surface area contributed by atoms with Crippen molar-refractivity contribution in [3.8, 4) is 0 Å². The van der Waals surface area contributed by atoms with E-state index in [0.29, 0.717) is 12.2 Å². The van der Waals surface area contributed by atoms with Gasteiger partial charge in [-0.2, -0.15) is 0 Å². The third kappa shape index (κ3) is 4.31. The van der Waals surface area contributed by atoms with Gasteiger partial charge >= 0.3 is 0 Å². The summed E-state index contributed by atoms with van der Waals surface area (Å²) in [5, 5.41) is 7.36. The van der Waals surface area contributed by atoms with Gasteiger partial charge in [0.2, 0.25) is 0 Å². The van der Waals surface area contributed by atoms with Crippen LogP contribution in [0.25, 0.3) is 0 Å². The van der Waals surface area contributed by atoms with E-state index in [-0.39, 0.29) is 17.8 Å². The van der Waals surface area contributed by atoms with Gasteiger partial charge in [0.25, 0.3) is 0 Å². The SMILES string of the molecule is N=C(N)c1cc(F)cc(COC2CCCCCC2)c1. The number of nitrogen functional groups attached to an aromatic ring is 1. The number of amidine groups is 1. The van der Waals surface area contributed by atoms with E-state index < -0.39 is 0 Å². The van der Waals surface area contributed by atoms with Gasteiger partial charge in [-0.05, 0) is 36.6 Å². The molecule has 3 nitrogen and oxygen atoms in total. The second-order valence-corrected chi connectivity index (χ2v) is 5.19. The monoisotopic (exact) mass is 264 g/mol. The van der Waals surface area contributed by atoms with Gasteiger partial charge < -0.3 is 10.5 Å². The minimum atomic E-state index is -0.368. The molecule has 1 aliphatic carbocycles. The molecule has 104 valence electrons. The molecular formula is C15H21FN2O. The number of hydrogen-bond donors (Lipinski definition) is 2. The zero-order valence-electron chi connectivity index (χ0n) is 11.1. The lowest BCUT2D eigenvalue weighted by atomic mass is 10.1. The van der Waals surface area contributed by atoms with Crippen molar-refractivity contribution < 1.29 is 9.13 Å². The van der Waals surface area contributed by atoms with Gasteiger partial charge in [0.15, 0.2) is 0 Å². The molecule has 0 aromatic heterocycles. The van der Waals surface area contributed by atoms with Gasteiger partial charge in [-0.3, -0.25) is 5.41 Å². The fraction of sp³-hybridized carbons (Fsp3) is 0.533. The number of benzene rings is 1. The first-order valence-corrected chi connectivity index (χ1v) is 6.90. The number of nitrogens with one attached hydrogen (secondary N) is 1. The number of hydrogen-bond acceptors (Lipinski definition) is 2. The van der Waals surface area contributed by atoms with Crippen molar-refractivity contribution in [2.45, 2.75) is 51.2 Å². The first-order chi connectivity index (χ1) is 9.15. The van der Waals surface area contributed by atoms with Gasteiger partial charge in [0.05, 0.1) is 12.7 Å². The highest BCUT2D eigenvalue weighted by molar-refractivity contribution is 5.95. The summed E-state index contributed by atoms with van der Waals surface area (Å²) in [6.07, 6.45) is 7.47. The highest BCUT2D eigenvalue weighted by Gasteiger charge is 2.13. The molecule has 0 unspecified atom stereocenters. The minimum absolute atomic E-state index is 0.116. The van der Waals surface area contributed by atoms with Gasteiger partial charge in [-0.25, -0.2) is 4.39 Å². The molecule has 0 spiro atoms. The summed E-state index contributed by atoms with van der Waals surface area (Å²) in [4.78, 5) is 0. The number of halogens is 1. The predicted molar refractivity (Wildman–Crippen MR) is 73.7 cm³/mol. The van der Waals surface area contributed by atoms with Crippen LogP contribution in [0.5, 0.6) is 0 Å². The molecule has 1 saturated carbocycles. The normalized spacial score (nSPS) is 17.1. The van der Waals surface area contributed by atoms with Gasteiger partial charge in [0, 0.05) is 5.56 Å². The van der Waals surface area contributed by atoms with E-state index in [1.165, 1.54) is 37.8 Å². The summed E-state index contributed by atoms with van der Waals surface area (Å²) in [6.45, 7) is 0.392. The highest BCUT2D eigenvalue weighted by atomic mass is 19.1. The first-order valence-electron chi connectivity index (χ1n) is 6.90. The van der Waals surface area contributed by atoms with Crippen molar-refractivity contribution >= 4 is 5.84 Å². The first kappa shape index (κ1) is 14.0. The molecule has 3 N–H and O–H groups in total. The van der Waals surface area contributed by atoms with Crippen molar-refractivity contribution in [1.29, 1.82) is 5.41 Å². The van der Waals surface area contributed by atoms with E-state index >= 15 is 0 Å². The molecule has 19 heavy (non-hydrogen) atoms. The van der Waals surface area contributed by atoms with Crippen LogP contribution in [-0.2, 0) is 11.3 Å². The van der Waals surface area contributed by atoms with Crippen molar-refractivity contribution in [1.82, 2.24) is 0 Å². The van der Waals surface area contributed by atoms with Gasteiger partial charge in [-0.1, -0.05) is 25.7 Å². The maximum Gasteiger partial charge on any atom is 0.124 e. The van der Waals surface area contributed by atoms with Crippen LogP contribution in [0, 0.1) is 11.2 Å². The van der Waals surface area contributed by atoms with Gasteiger partial charge in [-0.15, -0.1) is 0 Å². The molecular weight excluding hydrogens is 243 g/mol. The summed E-state index contributed by atoms with van der Waals surface area (Å²) >= 11 is 0. The molecule has 0 atom stereocenters. The smallest absolute Gasteiger partial charge is 0.124 e. The Kier molecular flexibility index (Phi) is 4.91. The van der Waals surface area contributed by atoms with Crippen LogP contribution in [0.1, 0.15) is 49.7 Å². The molecule has 0 aliphatic heterocycles. The third-order valence-electron chi connectivity index (χ3n) is 3.56. The number of ether oxygens (including phenoxy) is 1. The van der Waals surface area contributed by atoms with E-state index in [0.717, 1.165) is 18.4 Å². The summed E-state index contributed by atoms with van der Waals surface area (Å²) in [6, 6.07) is 4.45. The van der Waals surface area contributed by atoms with E-state index in [2.05, 4.69) is 0 Å². The molecule has 2 rings (SSSR count). The van der Waals surface area contributed by atoms with E-state index in [1.54, 1.807) is 6.07 Å². The van der Waals surface area contributed by atoms with E-state index in [4.69, 9.17) is 15.9 Å². The van der Waals surface area contributed by atoms with Crippen LogP contribution >= 0.6 is 0 Å². The summed E-state index contributed by atoms with van der Waals surface area (Å²) in [5.74, 6) is -0.484. The standard InChI is InChI=1S/C15H21FN2O/c16-13-8-11(7-12(9-13)15(17)18)10-19-14-5-3-1-2-4-6-14/h7-9,14H,1-6,10H2,(H3,17,18). The quantitative estimate of drug-likeness (QED) is 0.498. The van der Waals surface area contributed by atoms with Crippen molar-refractivity contribution in [3.63, 3.8) is 0 Å². The van der Waals surface area contributed by atoms with Crippen molar-refractivity contribution in [2.24, 2.45) is 5.73 Å². The zero-order chi connectivity index (χ0) is 13.7. The number of rotatable bonds is 4. The molecule has 0 bridgehead atoms. The predicted octanol–water partition coefficient (Wildman–Crippen LogP) is 3.35. The second kappa shape index (κ2) is 6.66. The van der Waals surface area contributed by atoms with Crippen molar-refractivity contribution in [2.75, 3.05) is 0 Å². The topological polar surface area (TPSA) is 59.1 Å². The Morgan fingerprint density at radius 3 is 2.53 bits per heavy atom. The maximum atomic E-state index is 13.4. The van der Waals surface area contributed by atoms with Crippen LogP contribution in [0.15, 0.2) is 18.2 Å². The average molecular weight is 264 g/mol. The Labute approximate surface area is 113 Å². The summed E-state index contributed by atoms with van der Waals surface area (Å²) in [5.41, 5.74) is 6.55. The Balaban J connectivity index is 1.96. The fourth-order valence-corrected chi connectivity index (χ4v) is 2.51. The van der Waals surface area contributed by atoms with Crippen LogP contribution in [0.4, 0.5) is 4.39 Å². The molecule has 1 fully saturated rings. The molecule has 0 amide bonds. The lowest BCUT2D eigenvalue weighted by Crippen LogP contribution is -2.14. The molecule has 1 aliphatic rings. The second-order valence-electron chi connectivity index (χ2n) is 5.19. The fourth-order valence-electron chi connectivity index (χ4n) is 2.51. The molecule has 4 heteroatoms. The molecule has 1 aromatic carbocycles. The van der Waals surface area contributed by atoms with Crippen LogP contribution in [-0.4, -0.2) is 11.9 Å². The Bertz CT molecular complexity index is 440. The van der Waals surface area contributed by atoms with Crippen LogP contribution in [0.2, 0.25) is 0 Å². The maximum absolute atomic E-state index is 13.4. The lowest BCUT2D eigenvalue weighted by Gasteiger charge is -2.15. The molecule has 0 saturated heterocycles. The Morgan fingerprint density at radius 2 is 1.89 bits per heavy atom. The summed E-state index contributed by atoms with van der Waals surface area (Å²) in [7, 11) is 0. The molecule has 1 aromatic rings. The zero-order valence-corrected chi connectivity index (χ0v) is 11.1. The van der Waals surface area contributed by atoms with E-state index in [9.17, 15) is 4.39 Å². The van der Waals surface area contributed by atoms with Crippen LogP contribution < -0.4 is 5.73 Å². The van der Waals surface area contributed by atoms with Crippen molar-refractivity contribution in [3.05, 3.63) is 35.1 Å². The van der Waals surface area contributed by atoms with Gasteiger partial charge in [0.1, 0.15) is 11.7 Å². The minimum Gasteiger partial charge on any atom is -0.384 e. The summed E-state index contributed by atoms with van der Waals surface area (Å²) < 4.78 is 19.3. The lowest BCUT2D eigenvalue weighted by molar-refractivity contribution is 0.0308. The number of nitrogens with two attached hydrogens (primary N) is 1. The van der Waals surface area contributed by atoms with Crippen LogP contribution in [0.3, 0.4) is 0 Å².